The molecule has 0 radical (unpaired) electrons. The zero-order chi connectivity index (χ0) is 16.1. The first-order chi connectivity index (χ1) is 11.3. The van der Waals surface area contributed by atoms with Crippen LogP contribution in [0.2, 0.25) is 0 Å². The third-order valence-corrected chi connectivity index (χ3v) is 4.23. The van der Waals surface area contributed by atoms with Crippen molar-refractivity contribution in [2.75, 3.05) is 31.2 Å². The molecule has 1 aliphatic rings. The molecular formula is C19H23N2O2+. The average molecular weight is 311 g/mol. The highest BCUT2D eigenvalue weighted by molar-refractivity contribution is 5.79. The summed E-state index contributed by atoms with van der Waals surface area (Å²) in [5, 5.41) is 18.3. The van der Waals surface area contributed by atoms with Crippen molar-refractivity contribution in [2.24, 2.45) is 0 Å². The monoisotopic (exact) mass is 311 g/mol. The first-order valence-electron chi connectivity index (χ1n) is 8.08. The third kappa shape index (κ3) is 3.60. The minimum Gasteiger partial charge on any atom is -0.395 e. The minimum absolute atomic E-state index is 0.0831. The number of hydrogen-bond acceptors (Lipinski definition) is 3. The highest BCUT2D eigenvalue weighted by atomic mass is 16.3. The van der Waals surface area contributed by atoms with Crippen LogP contribution in [-0.4, -0.2) is 36.5 Å². The number of benzene rings is 1. The fourth-order valence-corrected chi connectivity index (χ4v) is 3.07. The fraction of sp³-hybridized carbons (Fsp3) is 0.316. The van der Waals surface area contributed by atoms with Gasteiger partial charge in [0, 0.05) is 42.9 Å². The Morgan fingerprint density at radius 3 is 2.43 bits per heavy atom. The number of pyridine rings is 1. The van der Waals surface area contributed by atoms with E-state index in [0.717, 1.165) is 18.7 Å². The second kappa shape index (κ2) is 7.40. The van der Waals surface area contributed by atoms with E-state index < -0.39 is 0 Å². The number of nitrogens with zero attached hydrogens (tertiary/aromatic N) is 2. The number of fused-ring (bicyclic) bond motifs is 1. The van der Waals surface area contributed by atoms with E-state index in [9.17, 15) is 0 Å². The molecule has 2 aromatic rings. The van der Waals surface area contributed by atoms with Crippen molar-refractivity contribution in [3.8, 4) is 0 Å². The van der Waals surface area contributed by atoms with Crippen molar-refractivity contribution in [2.45, 2.75) is 13.0 Å². The molecule has 4 nitrogen and oxygen atoms in total. The fourth-order valence-electron chi connectivity index (χ4n) is 3.07. The largest absolute Gasteiger partial charge is 0.395 e. The van der Waals surface area contributed by atoms with Gasteiger partial charge in [0.2, 0.25) is 5.69 Å². The van der Waals surface area contributed by atoms with Crippen LogP contribution < -0.4 is 9.47 Å². The van der Waals surface area contributed by atoms with E-state index in [1.807, 2.05) is 17.0 Å². The molecule has 23 heavy (non-hydrogen) atoms. The molecule has 2 heterocycles. The van der Waals surface area contributed by atoms with Gasteiger partial charge in [0.25, 0.3) is 0 Å². The van der Waals surface area contributed by atoms with Crippen molar-refractivity contribution in [1.82, 2.24) is 0 Å². The Labute approximate surface area is 136 Å². The van der Waals surface area contributed by atoms with Crippen molar-refractivity contribution in [3.63, 3.8) is 0 Å². The Kier molecular flexibility index (Phi) is 5.05. The van der Waals surface area contributed by atoms with Gasteiger partial charge in [-0.2, -0.15) is 4.57 Å². The predicted octanol–water partition coefficient (Wildman–Crippen LogP) is 1.71. The van der Waals surface area contributed by atoms with Crippen molar-refractivity contribution < 1.29 is 14.8 Å². The smallest absolute Gasteiger partial charge is 0.208 e. The molecule has 3 rings (SSSR count). The Morgan fingerprint density at radius 1 is 1.00 bits per heavy atom. The van der Waals surface area contributed by atoms with Crippen molar-refractivity contribution in [1.29, 1.82) is 0 Å². The zero-order valence-electron chi connectivity index (χ0n) is 13.2. The first-order valence-corrected chi connectivity index (χ1v) is 8.08. The molecule has 0 saturated heterocycles. The maximum absolute atomic E-state index is 9.13. The molecule has 2 N–H and O–H groups in total. The Morgan fingerprint density at radius 2 is 1.74 bits per heavy atom. The second-order valence-corrected chi connectivity index (χ2v) is 5.72. The molecule has 0 saturated carbocycles. The van der Waals surface area contributed by atoms with Gasteiger partial charge in [-0.15, -0.1) is 0 Å². The normalized spacial score (nSPS) is 15.0. The Balaban J connectivity index is 1.79. The van der Waals surface area contributed by atoms with Gasteiger partial charge in [0.1, 0.15) is 0 Å². The van der Waals surface area contributed by atoms with Crippen LogP contribution in [-0.2, 0) is 6.54 Å². The molecule has 1 aliphatic heterocycles. The van der Waals surface area contributed by atoms with Gasteiger partial charge < -0.3 is 15.1 Å². The van der Waals surface area contributed by atoms with Crippen LogP contribution in [0.1, 0.15) is 17.7 Å². The first kappa shape index (κ1) is 15.7. The summed E-state index contributed by atoms with van der Waals surface area (Å²) in [4.78, 5) is 1.98. The van der Waals surface area contributed by atoms with Gasteiger partial charge in [-0.05, 0) is 29.8 Å². The van der Waals surface area contributed by atoms with Gasteiger partial charge in [0.15, 0.2) is 12.7 Å². The predicted molar refractivity (Wildman–Crippen MR) is 92.0 cm³/mol. The summed E-state index contributed by atoms with van der Waals surface area (Å²) in [6.45, 7) is 2.27. The summed E-state index contributed by atoms with van der Waals surface area (Å²) in [5.41, 5.74) is 4.85. The minimum atomic E-state index is 0.0831. The van der Waals surface area contributed by atoms with Crippen LogP contribution in [0.3, 0.4) is 0 Å². The number of rotatable bonds is 6. The summed E-state index contributed by atoms with van der Waals surface area (Å²) in [6, 6.07) is 14.6. The maximum Gasteiger partial charge on any atom is 0.208 e. The van der Waals surface area contributed by atoms with E-state index in [1.165, 1.54) is 16.8 Å². The lowest BCUT2D eigenvalue weighted by Gasteiger charge is -2.22. The summed E-state index contributed by atoms with van der Waals surface area (Å²) < 4.78 is 2.28. The summed E-state index contributed by atoms with van der Waals surface area (Å²) in [7, 11) is 0. The lowest BCUT2D eigenvalue weighted by molar-refractivity contribution is -0.689. The molecule has 1 aromatic carbocycles. The standard InChI is InChI=1S/C19H23N2O2/c22-13-11-20(12-14-23)18-6-4-16(5-7-18)15-17-8-10-21-9-2-1-3-19(17)21/h1-7,9,15,22-23H,8,10-14H2/q+1. The quantitative estimate of drug-likeness (QED) is 0.799. The van der Waals surface area contributed by atoms with Crippen LogP contribution >= 0.6 is 0 Å². The highest BCUT2D eigenvalue weighted by Crippen LogP contribution is 2.24. The van der Waals surface area contributed by atoms with Crippen LogP contribution in [0.25, 0.3) is 11.6 Å². The van der Waals surface area contributed by atoms with E-state index in [0.29, 0.717) is 13.1 Å². The van der Waals surface area contributed by atoms with Gasteiger partial charge in [-0.1, -0.05) is 12.1 Å². The maximum atomic E-state index is 9.13. The topological polar surface area (TPSA) is 47.6 Å². The number of anilines is 1. The van der Waals surface area contributed by atoms with Gasteiger partial charge >= 0.3 is 0 Å². The summed E-state index contributed by atoms with van der Waals surface area (Å²) >= 11 is 0. The molecule has 0 spiro atoms. The molecule has 0 aliphatic carbocycles. The lowest BCUT2D eigenvalue weighted by Crippen LogP contribution is -2.31. The van der Waals surface area contributed by atoms with E-state index >= 15 is 0 Å². The highest BCUT2D eigenvalue weighted by Gasteiger charge is 2.22. The number of hydrogen-bond donors (Lipinski definition) is 2. The Hall–Kier alpha value is -2.17. The zero-order valence-corrected chi connectivity index (χ0v) is 13.2. The number of aliphatic hydroxyl groups is 2. The third-order valence-electron chi connectivity index (χ3n) is 4.23. The van der Waals surface area contributed by atoms with Crippen LogP contribution in [0.15, 0.2) is 48.7 Å². The van der Waals surface area contributed by atoms with Crippen LogP contribution in [0.4, 0.5) is 5.69 Å². The van der Waals surface area contributed by atoms with E-state index in [-0.39, 0.29) is 13.2 Å². The SMILES string of the molecule is OCCN(CCO)c1ccc(C=C2CC[n+]3ccccc32)cc1. The molecule has 4 heteroatoms. The summed E-state index contributed by atoms with van der Waals surface area (Å²) in [6.07, 6.45) is 5.43. The number of allylic oxidation sites excluding steroid dienone is 1. The molecular weight excluding hydrogens is 288 g/mol. The number of aromatic nitrogens is 1. The van der Waals surface area contributed by atoms with E-state index in [2.05, 4.69) is 47.2 Å². The van der Waals surface area contributed by atoms with Crippen molar-refractivity contribution >= 4 is 17.3 Å². The van der Waals surface area contributed by atoms with E-state index in [1.54, 1.807) is 0 Å². The Bertz CT molecular complexity index is 674. The summed E-state index contributed by atoms with van der Waals surface area (Å²) in [5.74, 6) is 0. The van der Waals surface area contributed by atoms with E-state index in [4.69, 9.17) is 10.2 Å². The second-order valence-electron chi connectivity index (χ2n) is 5.72. The number of aryl methyl sites for hydroxylation is 1. The van der Waals surface area contributed by atoms with Crippen LogP contribution in [0.5, 0.6) is 0 Å². The lowest BCUT2D eigenvalue weighted by atomic mass is 10.1. The van der Waals surface area contributed by atoms with Gasteiger partial charge in [-0.25, -0.2) is 0 Å². The molecule has 1 aromatic heterocycles. The molecule has 0 unspecified atom stereocenters. The molecule has 0 amide bonds. The molecule has 0 fully saturated rings. The van der Waals surface area contributed by atoms with Crippen LogP contribution in [0, 0.1) is 0 Å². The average Bonchev–Trinajstić information content (AvgIpc) is 2.99. The molecule has 0 atom stereocenters. The molecule has 120 valence electrons. The number of aliphatic hydroxyl groups excluding tert-OH is 2. The van der Waals surface area contributed by atoms with Gasteiger partial charge in [0.05, 0.1) is 13.2 Å². The van der Waals surface area contributed by atoms with Gasteiger partial charge in [-0.3, -0.25) is 0 Å². The molecule has 0 bridgehead atoms. The van der Waals surface area contributed by atoms with Crippen molar-refractivity contribution in [3.05, 3.63) is 59.9 Å².